The molecule has 2 aromatic rings. The molecular weight excluding hydrogens is 200 g/mol. The fourth-order valence-corrected chi connectivity index (χ4v) is 2.46. The fourth-order valence-electron chi connectivity index (χ4n) is 2.46. The molecule has 0 saturated heterocycles. The van der Waals surface area contributed by atoms with Crippen LogP contribution in [0.2, 0.25) is 0 Å². The minimum Gasteiger partial charge on any atom is -0.346 e. The van der Waals surface area contributed by atoms with E-state index >= 15 is 0 Å². The maximum Gasteiger partial charge on any atom is 0.184 e. The van der Waals surface area contributed by atoms with E-state index < -0.39 is 0 Å². The lowest BCUT2D eigenvalue weighted by Gasteiger charge is -2.06. The number of fused-ring (bicyclic) bond motifs is 1. The summed E-state index contributed by atoms with van der Waals surface area (Å²) in [5, 5.41) is 1.06. The van der Waals surface area contributed by atoms with Crippen molar-refractivity contribution in [2.75, 3.05) is 0 Å². The van der Waals surface area contributed by atoms with Gasteiger partial charge in [0.2, 0.25) is 0 Å². The number of rotatable bonds is 2. The van der Waals surface area contributed by atoms with Crippen LogP contribution in [0.3, 0.4) is 0 Å². The van der Waals surface area contributed by atoms with Gasteiger partial charge in [0.1, 0.15) is 11.3 Å². The number of ketones is 1. The van der Waals surface area contributed by atoms with E-state index in [0.717, 1.165) is 23.9 Å². The average molecular weight is 214 g/mol. The van der Waals surface area contributed by atoms with Gasteiger partial charge in [0.05, 0.1) is 0 Å². The molecule has 0 amide bonds. The number of H-pyrrole nitrogens is 1. The smallest absolute Gasteiger partial charge is 0.184 e. The van der Waals surface area contributed by atoms with Gasteiger partial charge in [0, 0.05) is 17.5 Å². The van der Waals surface area contributed by atoms with Crippen molar-refractivity contribution in [3.63, 3.8) is 0 Å². The summed E-state index contributed by atoms with van der Waals surface area (Å²) >= 11 is 0. The molecule has 1 saturated carbocycles. The third-order valence-electron chi connectivity index (χ3n) is 3.39. The number of nitrogens with zero attached hydrogens (tertiary/aromatic N) is 1. The van der Waals surface area contributed by atoms with Crippen LogP contribution in [-0.2, 0) is 0 Å². The Hall–Kier alpha value is -1.64. The lowest BCUT2D eigenvalue weighted by atomic mass is 10.00. The molecule has 1 fully saturated rings. The van der Waals surface area contributed by atoms with Gasteiger partial charge in [-0.3, -0.25) is 4.79 Å². The Bertz CT molecular complexity index is 523. The summed E-state index contributed by atoms with van der Waals surface area (Å²) in [6.07, 6.45) is 6.27. The van der Waals surface area contributed by atoms with Crippen LogP contribution in [0.5, 0.6) is 0 Å². The summed E-state index contributed by atoms with van der Waals surface area (Å²) in [5.41, 5.74) is 1.42. The van der Waals surface area contributed by atoms with E-state index in [1.807, 2.05) is 24.4 Å². The van der Waals surface area contributed by atoms with Crippen molar-refractivity contribution in [1.29, 1.82) is 0 Å². The topological polar surface area (TPSA) is 45.8 Å². The molecule has 1 N–H and O–H groups in total. The zero-order chi connectivity index (χ0) is 11.0. The predicted molar refractivity (Wildman–Crippen MR) is 62.4 cm³/mol. The molecule has 0 aliphatic heterocycles. The molecule has 3 nitrogen and oxygen atoms in total. The minimum absolute atomic E-state index is 0.208. The standard InChI is InChI=1S/C13H14N2O/c16-12(9-3-1-2-4-9)11-6-5-10-7-8-14-13(10)15-11/h5-9H,1-4H2,(H,14,15). The molecule has 2 heterocycles. The number of pyridine rings is 1. The Labute approximate surface area is 93.9 Å². The van der Waals surface area contributed by atoms with Crippen LogP contribution in [0, 0.1) is 5.92 Å². The van der Waals surface area contributed by atoms with Crippen molar-refractivity contribution >= 4 is 16.8 Å². The maximum absolute atomic E-state index is 12.1. The summed E-state index contributed by atoms with van der Waals surface area (Å²) < 4.78 is 0. The van der Waals surface area contributed by atoms with E-state index in [0.29, 0.717) is 5.69 Å². The Balaban J connectivity index is 1.95. The van der Waals surface area contributed by atoms with E-state index in [4.69, 9.17) is 0 Å². The van der Waals surface area contributed by atoms with E-state index in [2.05, 4.69) is 9.97 Å². The lowest BCUT2D eigenvalue weighted by Crippen LogP contribution is -2.12. The first kappa shape index (κ1) is 9.58. The van der Waals surface area contributed by atoms with Crippen LogP contribution < -0.4 is 0 Å². The summed E-state index contributed by atoms with van der Waals surface area (Å²) in [4.78, 5) is 19.6. The predicted octanol–water partition coefficient (Wildman–Crippen LogP) is 2.94. The quantitative estimate of drug-likeness (QED) is 0.781. The largest absolute Gasteiger partial charge is 0.346 e. The van der Waals surface area contributed by atoms with Gasteiger partial charge in [-0.05, 0) is 31.0 Å². The van der Waals surface area contributed by atoms with Gasteiger partial charge in [0.15, 0.2) is 5.78 Å². The first-order valence-electron chi connectivity index (χ1n) is 5.83. The molecule has 0 spiro atoms. The van der Waals surface area contributed by atoms with Gasteiger partial charge in [-0.2, -0.15) is 0 Å². The van der Waals surface area contributed by atoms with Crippen LogP contribution in [0.1, 0.15) is 36.2 Å². The van der Waals surface area contributed by atoms with Gasteiger partial charge in [-0.15, -0.1) is 0 Å². The minimum atomic E-state index is 0.208. The van der Waals surface area contributed by atoms with Crippen LogP contribution in [-0.4, -0.2) is 15.8 Å². The summed E-state index contributed by atoms with van der Waals surface area (Å²) in [6.45, 7) is 0. The molecule has 0 unspecified atom stereocenters. The third-order valence-corrected chi connectivity index (χ3v) is 3.39. The number of aromatic nitrogens is 2. The number of carbonyl (C=O) groups excluding carboxylic acids is 1. The highest BCUT2D eigenvalue weighted by molar-refractivity contribution is 5.97. The van der Waals surface area contributed by atoms with E-state index in [1.165, 1.54) is 12.8 Å². The van der Waals surface area contributed by atoms with Gasteiger partial charge in [-0.25, -0.2) is 4.98 Å². The highest BCUT2D eigenvalue weighted by atomic mass is 16.1. The third kappa shape index (κ3) is 1.52. The molecule has 1 aliphatic carbocycles. The second kappa shape index (κ2) is 3.74. The summed E-state index contributed by atoms with van der Waals surface area (Å²) in [7, 11) is 0. The SMILES string of the molecule is O=C(c1ccc2cc[nH]c2n1)C1CCCC1. The Morgan fingerprint density at radius 2 is 2.06 bits per heavy atom. The van der Waals surface area contributed by atoms with Crippen LogP contribution in [0.25, 0.3) is 11.0 Å². The Morgan fingerprint density at radius 3 is 2.88 bits per heavy atom. The lowest BCUT2D eigenvalue weighted by molar-refractivity contribution is 0.0918. The number of hydrogen-bond donors (Lipinski definition) is 1. The molecule has 0 atom stereocenters. The highest BCUT2D eigenvalue weighted by Gasteiger charge is 2.24. The van der Waals surface area contributed by atoms with Gasteiger partial charge in [0.25, 0.3) is 0 Å². The second-order valence-electron chi connectivity index (χ2n) is 4.46. The number of aromatic amines is 1. The Morgan fingerprint density at radius 1 is 1.25 bits per heavy atom. The van der Waals surface area contributed by atoms with Crippen molar-refractivity contribution in [2.45, 2.75) is 25.7 Å². The number of nitrogens with one attached hydrogen (secondary N) is 1. The van der Waals surface area contributed by atoms with Gasteiger partial charge in [-0.1, -0.05) is 12.8 Å². The molecule has 3 rings (SSSR count). The van der Waals surface area contributed by atoms with E-state index in [9.17, 15) is 4.79 Å². The molecular formula is C13H14N2O. The fraction of sp³-hybridized carbons (Fsp3) is 0.385. The monoisotopic (exact) mass is 214 g/mol. The van der Waals surface area contributed by atoms with E-state index in [1.54, 1.807) is 0 Å². The van der Waals surface area contributed by atoms with Crippen molar-refractivity contribution in [3.05, 3.63) is 30.1 Å². The average Bonchev–Trinajstić information content (AvgIpc) is 2.98. The van der Waals surface area contributed by atoms with Crippen LogP contribution in [0.15, 0.2) is 24.4 Å². The van der Waals surface area contributed by atoms with E-state index in [-0.39, 0.29) is 11.7 Å². The molecule has 0 radical (unpaired) electrons. The molecule has 2 aromatic heterocycles. The van der Waals surface area contributed by atoms with Crippen LogP contribution >= 0.6 is 0 Å². The number of Topliss-reactive ketones (excluding diaryl/α,β-unsaturated/α-hetero) is 1. The Kier molecular flexibility index (Phi) is 2.24. The molecule has 0 aromatic carbocycles. The first-order chi connectivity index (χ1) is 7.84. The summed E-state index contributed by atoms with van der Waals surface area (Å²) in [6, 6.07) is 5.77. The molecule has 0 bridgehead atoms. The zero-order valence-corrected chi connectivity index (χ0v) is 9.07. The van der Waals surface area contributed by atoms with Crippen molar-refractivity contribution < 1.29 is 4.79 Å². The van der Waals surface area contributed by atoms with Crippen molar-refractivity contribution in [2.24, 2.45) is 5.92 Å². The van der Waals surface area contributed by atoms with Gasteiger partial charge < -0.3 is 4.98 Å². The summed E-state index contributed by atoms with van der Waals surface area (Å²) in [5.74, 6) is 0.425. The van der Waals surface area contributed by atoms with Gasteiger partial charge >= 0.3 is 0 Å². The van der Waals surface area contributed by atoms with Crippen molar-refractivity contribution in [1.82, 2.24) is 9.97 Å². The first-order valence-corrected chi connectivity index (χ1v) is 5.83. The number of carbonyl (C=O) groups is 1. The number of hydrogen-bond acceptors (Lipinski definition) is 2. The maximum atomic E-state index is 12.1. The van der Waals surface area contributed by atoms with Crippen LogP contribution in [0.4, 0.5) is 0 Å². The zero-order valence-electron chi connectivity index (χ0n) is 9.07. The van der Waals surface area contributed by atoms with Crippen molar-refractivity contribution in [3.8, 4) is 0 Å². The molecule has 1 aliphatic rings. The molecule has 16 heavy (non-hydrogen) atoms. The highest BCUT2D eigenvalue weighted by Crippen LogP contribution is 2.27. The second-order valence-corrected chi connectivity index (χ2v) is 4.46. The molecule has 3 heteroatoms. The normalized spacial score (nSPS) is 17.0. The molecule has 82 valence electrons.